The lowest BCUT2D eigenvalue weighted by Gasteiger charge is -2.33. The summed E-state index contributed by atoms with van der Waals surface area (Å²) in [5.74, 6) is -1.40. The second-order valence-electron chi connectivity index (χ2n) is 9.18. The number of anilines is 1. The van der Waals surface area contributed by atoms with Gasteiger partial charge in [0.05, 0.1) is 18.2 Å². The quantitative estimate of drug-likeness (QED) is 0.500. The van der Waals surface area contributed by atoms with Crippen LogP contribution in [0.3, 0.4) is 0 Å². The van der Waals surface area contributed by atoms with E-state index in [0.29, 0.717) is 42.7 Å². The molecule has 0 atom stereocenters. The third-order valence-corrected chi connectivity index (χ3v) is 5.29. The second kappa shape index (κ2) is 11.0. The van der Waals surface area contributed by atoms with Crippen LogP contribution < -0.4 is 5.32 Å². The van der Waals surface area contributed by atoms with Crippen LogP contribution in [0.1, 0.15) is 64.7 Å². The van der Waals surface area contributed by atoms with E-state index in [-0.39, 0.29) is 17.8 Å². The van der Waals surface area contributed by atoms with Gasteiger partial charge in [-0.15, -0.1) is 0 Å². The highest BCUT2D eigenvalue weighted by molar-refractivity contribution is 6.05. The van der Waals surface area contributed by atoms with E-state index in [2.05, 4.69) is 10.1 Å². The predicted octanol–water partition coefficient (Wildman–Crippen LogP) is 4.28. The number of nitrogens with one attached hydrogen (secondary N) is 1. The highest BCUT2D eigenvalue weighted by Crippen LogP contribution is 2.20. The summed E-state index contributed by atoms with van der Waals surface area (Å²) in [5, 5.41) is 2.73. The number of methoxy groups -OCH3 is 1. The number of carbonyl (C=O) groups is 4. The van der Waals surface area contributed by atoms with Gasteiger partial charge in [-0.2, -0.15) is 0 Å². The summed E-state index contributed by atoms with van der Waals surface area (Å²) in [6, 6.07) is 12.5. The molecule has 2 amide bonds. The molecule has 1 aliphatic heterocycles. The molecule has 0 aliphatic carbocycles. The fourth-order valence-corrected chi connectivity index (χ4v) is 3.50. The monoisotopic (exact) mass is 482 g/mol. The van der Waals surface area contributed by atoms with Gasteiger partial charge in [-0.05, 0) is 63.2 Å². The Kier molecular flexibility index (Phi) is 8.11. The van der Waals surface area contributed by atoms with Crippen LogP contribution in [0.4, 0.5) is 10.5 Å². The molecule has 9 nitrogen and oxygen atoms in total. The number of hydrogen-bond acceptors (Lipinski definition) is 7. The summed E-state index contributed by atoms with van der Waals surface area (Å²) < 4.78 is 15.6. The van der Waals surface area contributed by atoms with E-state index in [1.807, 2.05) is 20.8 Å². The summed E-state index contributed by atoms with van der Waals surface area (Å²) in [6.45, 7) is 6.36. The van der Waals surface area contributed by atoms with Crippen LogP contribution in [0, 0.1) is 0 Å². The molecule has 186 valence electrons. The molecule has 0 radical (unpaired) electrons. The Morgan fingerprint density at radius 1 is 0.886 bits per heavy atom. The average molecular weight is 483 g/mol. The molecular formula is C26H30N2O7. The van der Waals surface area contributed by atoms with Crippen LogP contribution in [-0.4, -0.2) is 60.7 Å². The zero-order valence-corrected chi connectivity index (χ0v) is 20.3. The Balaban J connectivity index is 1.51. The zero-order valence-electron chi connectivity index (χ0n) is 20.3. The first kappa shape index (κ1) is 25.7. The van der Waals surface area contributed by atoms with Gasteiger partial charge < -0.3 is 24.4 Å². The van der Waals surface area contributed by atoms with Crippen LogP contribution in [0.15, 0.2) is 48.5 Å². The average Bonchev–Trinajstić information content (AvgIpc) is 2.83. The molecular weight excluding hydrogens is 452 g/mol. The minimum Gasteiger partial charge on any atom is -0.465 e. The zero-order chi connectivity index (χ0) is 25.6. The number of hydrogen-bond donors (Lipinski definition) is 1. The highest BCUT2D eigenvalue weighted by atomic mass is 16.6. The number of rotatable bonds is 5. The van der Waals surface area contributed by atoms with Crippen molar-refractivity contribution >= 4 is 29.6 Å². The molecule has 2 aromatic carbocycles. The van der Waals surface area contributed by atoms with Gasteiger partial charge in [-0.1, -0.05) is 6.07 Å². The van der Waals surface area contributed by atoms with Gasteiger partial charge >= 0.3 is 18.0 Å². The number of amides is 2. The standard InChI is InChI=1S/C26H30N2O7/c1-26(2,3)35-25(32)28-14-12-21(13-15-28)34-24(31)17-8-10-20(11-9-17)27-22(29)18-6-5-7-19(16-18)23(30)33-4/h5-11,16,21H,12-15H2,1-4H3,(H,27,29). The highest BCUT2D eigenvalue weighted by Gasteiger charge is 2.28. The molecule has 9 heteroatoms. The molecule has 1 N–H and O–H groups in total. The Morgan fingerprint density at radius 2 is 1.51 bits per heavy atom. The van der Waals surface area contributed by atoms with Crippen molar-refractivity contribution in [2.75, 3.05) is 25.5 Å². The molecule has 1 fully saturated rings. The molecule has 35 heavy (non-hydrogen) atoms. The van der Waals surface area contributed by atoms with E-state index < -0.39 is 23.4 Å². The number of benzene rings is 2. The van der Waals surface area contributed by atoms with Gasteiger partial charge in [0.25, 0.3) is 5.91 Å². The van der Waals surface area contributed by atoms with Crippen LogP contribution in [0.25, 0.3) is 0 Å². The number of carbonyl (C=O) groups excluding carboxylic acids is 4. The number of ether oxygens (including phenoxy) is 3. The summed E-state index contributed by atoms with van der Waals surface area (Å²) in [6.07, 6.45) is 0.410. The molecule has 2 aromatic rings. The molecule has 0 spiro atoms. The van der Waals surface area contributed by atoms with Gasteiger partial charge in [0.1, 0.15) is 11.7 Å². The van der Waals surface area contributed by atoms with Gasteiger partial charge in [-0.3, -0.25) is 4.79 Å². The summed E-state index contributed by atoms with van der Waals surface area (Å²) in [7, 11) is 1.27. The van der Waals surface area contributed by atoms with Crippen molar-refractivity contribution in [2.45, 2.75) is 45.3 Å². The van der Waals surface area contributed by atoms with Crippen molar-refractivity contribution in [3.8, 4) is 0 Å². The minimum absolute atomic E-state index is 0.273. The van der Waals surface area contributed by atoms with Crippen LogP contribution >= 0.6 is 0 Å². The molecule has 0 unspecified atom stereocenters. The Labute approximate surface area is 204 Å². The SMILES string of the molecule is COC(=O)c1cccc(C(=O)Nc2ccc(C(=O)OC3CCN(C(=O)OC(C)(C)C)CC3)cc2)c1. The number of nitrogens with zero attached hydrogens (tertiary/aromatic N) is 1. The predicted molar refractivity (Wildman–Crippen MR) is 128 cm³/mol. The molecule has 0 aromatic heterocycles. The van der Waals surface area contributed by atoms with Crippen molar-refractivity contribution in [3.05, 3.63) is 65.2 Å². The van der Waals surface area contributed by atoms with E-state index in [9.17, 15) is 19.2 Å². The van der Waals surface area contributed by atoms with Crippen molar-refractivity contribution < 1.29 is 33.4 Å². The second-order valence-corrected chi connectivity index (χ2v) is 9.18. The number of piperidine rings is 1. The van der Waals surface area contributed by atoms with Crippen molar-refractivity contribution in [1.82, 2.24) is 4.90 Å². The van der Waals surface area contributed by atoms with E-state index in [4.69, 9.17) is 9.47 Å². The third-order valence-electron chi connectivity index (χ3n) is 5.29. The maximum Gasteiger partial charge on any atom is 0.410 e. The Morgan fingerprint density at radius 3 is 2.11 bits per heavy atom. The smallest absolute Gasteiger partial charge is 0.410 e. The first-order chi connectivity index (χ1) is 16.6. The van der Waals surface area contributed by atoms with Crippen LogP contribution in [0.2, 0.25) is 0 Å². The first-order valence-corrected chi connectivity index (χ1v) is 11.3. The maximum atomic E-state index is 12.5. The summed E-state index contributed by atoms with van der Waals surface area (Å²) in [5.41, 5.74) is 0.856. The van der Waals surface area contributed by atoms with Gasteiger partial charge in [0.15, 0.2) is 0 Å². The maximum absolute atomic E-state index is 12.5. The molecule has 1 saturated heterocycles. The van der Waals surface area contributed by atoms with E-state index in [1.54, 1.807) is 47.4 Å². The lowest BCUT2D eigenvalue weighted by atomic mass is 10.1. The topological polar surface area (TPSA) is 111 Å². The van der Waals surface area contributed by atoms with Gasteiger partial charge in [-0.25, -0.2) is 14.4 Å². The lowest BCUT2D eigenvalue weighted by molar-refractivity contribution is -0.00343. The van der Waals surface area contributed by atoms with Crippen molar-refractivity contribution in [2.24, 2.45) is 0 Å². The normalized spacial score (nSPS) is 14.1. The molecule has 1 heterocycles. The largest absolute Gasteiger partial charge is 0.465 e. The number of likely N-dealkylation sites (tertiary alicyclic amines) is 1. The number of esters is 2. The van der Waals surface area contributed by atoms with Crippen LogP contribution in [-0.2, 0) is 14.2 Å². The fraction of sp³-hybridized carbons (Fsp3) is 0.385. The summed E-state index contributed by atoms with van der Waals surface area (Å²) >= 11 is 0. The van der Waals surface area contributed by atoms with Gasteiger partial charge in [0, 0.05) is 37.2 Å². The van der Waals surface area contributed by atoms with E-state index in [1.165, 1.54) is 13.2 Å². The Hall–Kier alpha value is -3.88. The van der Waals surface area contributed by atoms with E-state index >= 15 is 0 Å². The fourth-order valence-electron chi connectivity index (χ4n) is 3.50. The molecule has 0 bridgehead atoms. The first-order valence-electron chi connectivity index (χ1n) is 11.3. The van der Waals surface area contributed by atoms with Crippen LogP contribution in [0.5, 0.6) is 0 Å². The van der Waals surface area contributed by atoms with Crippen molar-refractivity contribution in [1.29, 1.82) is 0 Å². The van der Waals surface area contributed by atoms with Crippen molar-refractivity contribution in [3.63, 3.8) is 0 Å². The third kappa shape index (κ3) is 7.30. The molecule has 1 aliphatic rings. The molecule has 3 rings (SSSR count). The molecule has 0 saturated carbocycles. The van der Waals surface area contributed by atoms with Gasteiger partial charge in [0.2, 0.25) is 0 Å². The Bertz CT molecular complexity index is 1080. The minimum atomic E-state index is -0.556. The lowest BCUT2D eigenvalue weighted by Crippen LogP contribution is -2.43. The summed E-state index contributed by atoms with van der Waals surface area (Å²) in [4.78, 5) is 50.5. The van der Waals surface area contributed by atoms with E-state index in [0.717, 1.165) is 0 Å².